The molecule has 1 aromatic rings. The van der Waals surface area contributed by atoms with Crippen molar-refractivity contribution >= 4 is 5.91 Å². The number of morpholine rings is 1. The average molecular weight is 412 g/mol. The van der Waals surface area contributed by atoms with Crippen molar-refractivity contribution in [3.63, 3.8) is 0 Å². The molecule has 4 unspecified atom stereocenters. The van der Waals surface area contributed by atoms with E-state index in [2.05, 4.69) is 24.1 Å². The van der Waals surface area contributed by atoms with Gasteiger partial charge >= 0.3 is 6.18 Å². The first-order valence-electron chi connectivity index (χ1n) is 10.5. The van der Waals surface area contributed by atoms with Crippen LogP contribution in [0.3, 0.4) is 0 Å². The molecule has 1 N–H and O–H groups in total. The summed E-state index contributed by atoms with van der Waals surface area (Å²) >= 11 is 0. The first-order chi connectivity index (χ1) is 13.7. The first-order valence-corrected chi connectivity index (χ1v) is 10.5. The number of amides is 1. The molecule has 4 atom stereocenters. The van der Waals surface area contributed by atoms with Crippen LogP contribution in [0, 0.1) is 11.8 Å². The Hall–Kier alpha value is -1.60. The number of carbonyl (C=O) groups is 1. The van der Waals surface area contributed by atoms with Gasteiger partial charge < -0.3 is 10.1 Å². The van der Waals surface area contributed by atoms with E-state index in [4.69, 9.17) is 4.74 Å². The second kappa shape index (κ2) is 9.47. The summed E-state index contributed by atoms with van der Waals surface area (Å²) in [6.07, 6.45) is -2.30. The number of nitrogens with zero attached hydrogens (tertiary/aromatic N) is 1. The number of carbonyl (C=O) groups excluding carboxylic acids is 1. The zero-order valence-electron chi connectivity index (χ0n) is 17.2. The van der Waals surface area contributed by atoms with Crippen LogP contribution in [0.5, 0.6) is 0 Å². The maximum absolute atomic E-state index is 13.2. The van der Waals surface area contributed by atoms with Gasteiger partial charge in [0.2, 0.25) is 5.91 Å². The van der Waals surface area contributed by atoms with E-state index in [1.807, 2.05) is 24.3 Å². The number of ether oxygens (including phenoxy) is 1. The molecule has 0 spiro atoms. The maximum atomic E-state index is 13.2. The van der Waals surface area contributed by atoms with Gasteiger partial charge in [0.25, 0.3) is 0 Å². The molecular weight excluding hydrogens is 381 g/mol. The molecule has 4 nitrogen and oxygen atoms in total. The lowest BCUT2D eigenvalue weighted by Crippen LogP contribution is -2.44. The van der Waals surface area contributed by atoms with Gasteiger partial charge in [-0.25, -0.2) is 0 Å². The Balaban J connectivity index is 1.51. The molecule has 162 valence electrons. The van der Waals surface area contributed by atoms with Crippen molar-refractivity contribution in [2.24, 2.45) is 11.8 Å². The molecule has 2 aliphatic rings. The molecule has 1 aromatic carbocycles. The van der Waals surface area contributed by atoms with Crippen molar-refractivity contribution in [3.05, 3.63) is 35.4 Å². The first kappa shape index (κ1) is 22.1. The summed E-state index contributed by atoms with van der Waals surface area (Å²) < 4.78 is 45.4. The van der Waals surface area contributed by atoms with Crippen LogP contribution in [0.25, 0.3) is 0 Å². The van der Waals surface area contributed by atoms with Gasteiger partial charge in [-0.2, -0.15) is 13.2 Å². The van der Waals surface area contributed by atoms with E-state index in [-0.39, 0.29) is 25.2 Å². The molecule has 0 radical (unpaired) electrons. The third-order valence-corrected chi connectivity index (χ3v) is 5.91. The zero-order chi connectivity index (χ0) is 21.0. The minimum atomic E-state index is -4.31. The summed E-state index contributed by atoms with van der Waals surface area (Å²) in [5.41, 5.74) is 2.07. The van der Waals surface area contributed by atoms with Crippen LogP contribution in [-0.2, 0) is 22.6 Å². The Bertz CT molecular complexity index is 668. The monoisotopic (exact) mass is 412 g/mol. The summed E-state index contributed by atoms with van der Waals surface area (Å²) in [6, 6.07) is 7.91. The highest BCUT2D eigenvalue weighted by Crippen LogP contribution is 2.41. The van der Waals surface area contributed by atoms with Crippen molar-refractivity contribution in [1.29, 1.82) is 0 Å². The summed E-state index contributed by atoms with van der Waals surface area (Å²) in [7, 11) is 0. The van der Waals surface area contributed by atoms with Crippen molar-refractivity contribution in [2.75, 3.05) is 13.1 Å². The third kappa shape index (κ3) is 6.19. The summed E-state index contributed by atoms with van der Waals surface area (Å²) in [4.78, 5) is 14.7. The van der Waals surface area contributed by atoms with Gasteiger partial charge in [-0.1, -0.05) is 37.1 Å². The van der Waals surface area contributed by atoms with Gasteiger partial charge in [0.05, 0.1) is 18.1 Å². The van der Waals surface area contributed by atoms with Gasteiger partial charge in [-0.15, -0.1) is 0 Å². The highest BCUT2D eigenvalue weighted by Gasteiger charge is 2.47. The Labute approximate surface area is 170 Å². The normalized spacial score (nSPS) is 28.9. The lowest BCUT2D eigenvalue weighted by molar-refractivity contribution is -0.198. The SMILES string of the molecule is CC1CN(Cc2ccc(CNC(=O)C3CCCCC3C(F)(F)F)cc2)CC(C)O1. The Kier molecular flexibility index (Phi) is 7.22. The zero-order valence-corrected chi connectivity index (χ0v) is 17.2. The molecule has 1 heterocycles. The van der Waals surface area contributed by atoms with Crippen LogP contribution >= 0.6 is 0 Å². The molecule has 29 heavy (non-hydrogen) atoms. The van der Waals surface area contributed by atoms with E-state index in [9.17, 15) is 18.0 Å². The number of benzene rings is 1. The van der Waals surface area contributed by atoms with E-state index in [0.717, 1.165) is 25.2 Å². The maximum Gasteiger partial charge on any atom is 0.392 e. The topological polar surface area (TPSA) is 41.6 Å². The minimum Gasteiger partial charge on any atom is -0.373 e. The third-order valence-electron chi connectivity index (χ3n) is 5.91. The van der Waals surface area contributed by atoms with Crippen molar-refractivity contribution in [3.8, 4) is 0 Å². The lowest BCUT2D eigenvalue weighted by atomic mass is 9.78. The Morgan fingerprint density at radius 3 is 2.28 bits per heavy atom. The number of hydrogen-bond donors (Lipinski definition) is 1. The van der Waals surface area contributed by atoms with Crippen LogP contribution in [0.2, 0.25) is 0 Å². The fraction of sp³-hybridized carbons (Fsp3) is 0.682. The summed E-state index contributed by atoms with van der Waals surface area (Å²) in [5.74, 6) is -2.96. The van der Waals surface area contributed by atoms with Crippen molar-refractivity contribution in [2.45, 2.75) is 71.0 Å². The Morgan fingerprint density at radius 2 is 1.66 bits per heavy atom. The number of nitrogens with one attached hydrogen (secondary N) is 1. The van der Waals surface area contributed by atoms with E-state index in [0.29, 0.717) is 19.3 Å². The largest absolute Gasteiger partial charge is 0.392 e. The van der Waals surface area contributed by atoms with Gasteiger partial charge in [0.1, 0.15) is 0 Å². The van der Waals surface area contributed by atoms with E-state index >= 15 is 0 Å². The standard InChI is InChI=1S/C22H31F3N2O2/c1-15-12-27(13-16(2)29-15)14-18-9-7-17(8-10-18)11-26-21(28)19-5-3-4-6-20(19)22(23,24)25/h7-10,15-16,19-20H,3-6,11-14H2,1-2H3,(H,26,28). The van der Waals surface area contributed by atoms with Gasteiger partial charge in [-0.05, 0) is 37.8 Å². The lowest BCUT2D eigenvalue weighted by Gasteiger charge is -2.35. The molecule has 1 saturated carbocycles. The van der Waals surface area contributed by atoms with Crippen LogP contribution in [0.4, 0.5) is 13.2 Å². The second-order valence-corrected chi connectivity index (χ2v) is 8.52. The van der Waals surface area contributed by atoms with Gasteiger partial charge in [-0.3, -0.25) is 9.69 Å². The molecule has 0 aromatic heterocycles. The number of rotatable bonds is 5. The van der Waals surface area contributed by atoms with Crippen molar-refractivity contribution < 1.29 is 22.7 Å². The van der Waals surface area contributed by atoms with Gasteiger partial charge in [0.15, 0.2) is 0 Å². The highest BCUT2D eigenvalue weighted by atomic mass is 19.4. The predicted molar refractivity (Wildman–Crippen MR) is 105 cm³/mol. The molecule has 2 fully saturated rings. The molecule has 7 heteroatoms. The molecule has 1 aliphatic heterocycles. The molecule has 1 amide bonds. The summed E-state index contributed by atoms with van der Waals surface area (Å²) in [6.45, 7) is 7.02. The fourth-order valence-corrected chi connectivity index (χ4v) is 4.59. The minimum absolute atomic E-state index is 0.0507. The van der Waals surface area contributed by atoms with Crippen LogP contribution in [0.15, 0.2) is 24.3 Å². The van der Waals surface area contributed by atoms with E-state index in [1.165, 1.54) is 5.56 Å². The Morgan fingerprint density at radius 1 is 1.07 bits per heavy atom. The molecule has 1 aliphatic carbocycles. The number of hydrogen-bond acceptors (Lipinski definition) is 3. The molecular formula is C22H31F3N2O2. The summed E-state index contributed by atoms with van der Waals surface area (Å²) in [5, 5.41) is 2.72. The number of halogens is 3. The van der Waals surface area contributed by atoms with Crippen molar-refractivity contribution in [1.82, 2.24) is 10.2 Å². The molecule has 0 bridgehead atoms. The van der Waals surface area contributed by atoms with E-state index < -0.39 is 23.9 Å². The quantitative estimate of drug-likeness (QED) is 0.785. The fourth-order valence-electron chi connectivity index (χ4n) is 4.59. The van der Waals surface area contributed by atoms with Crippen LogP contribution in [-0.4, -0.2) is 42.3 Å². The molecule has 3 rings (SSSR count). The van der Waals surface area contributed by atoms with Crippen LogP contribution < -0.4 is 5.32 Å². The predicted octanol–water partition coefficient (Wildman–Crippen LogP) is 4.28. The smallest absolute Gasteiger partial charge is 0.373 e. The second-order valence-electron chi connectivity index (χ2n) is 8.52. The van der Waals surface area contributed by atoms with E-state index in [1.54, 1.807) is 0 Å². The number of alkyl halides is 3. The molecule has 1 saturated heterocycles. The van der Waals surface area contributed by atoms with Gasteiger partial charge in [0, 0.05) is 32.1 Å². The highest BCUT2D eigenvalue weighted by molar-refractivity contribution is 5.79. The average Bonchev–Trinajstić information content (AvgIpc) is 2.66. The van der Waals surface area contributed by atoms with Crippen LogP contribution in [0.1, 0.15) is 50.7 Å².